The first kappa shape index (κ1) is 30.9. The van der Waals surface area contributed by atoms with Gasteiger partial charge in [0.15, 0.2) is 5.17 Å². The van der Waals surface area contributed by atoms with Gasteiger partial charge in [-0.05, 0) is 79.9 Å². The molecule has 1 atom stereocenters. The Morgan fingerprint density at radius 3 is 2.65 bits per heavy atom. The van der Waals surface area contributed by atoms with Crippen molar-refractivity contribution in [3.8, 4) is 0 Å². The van der Waals surface area contributed by atoms with Gasteiger partial charge in [-0.2, -0.15) is 23.3 Å². The van der Waals surface area contributed by atoms with Gasteiger partial charge in [-0.15, -0.1) is 0 Å². The zero-order chi connectivity index (χ0) is 31.1. The molecule has 228 valence electrons. The maximum Gasteiger partial charge on any atom is 0.416 e. The average Bonchev–Trinajstić information content (AvgIpc) is 3.56. The lowest BCUT2D eigenvalue weighted by Crippen LogP contribution is -2.58. The number of aliphatic hydroxyl groups is 1. The van der Waals surface area contributed by atoms with E-state index in [0.717, 1.165) is 28.7 Å². The first-order chi connectivity index (χ1) is 20.2. The number of piperazine rings is 1. The molecule has 0 aliphatic carbocycles. The fraction of sp³-hybridized carbons (Fsp3) is 0.379. The van der Waals surface area contributed by atoms with Gasteiger partial charge in [0.25, 0.3) is 5.91 Å². The highest BCUT2D eigenvalue weighted by Gasteiger charge is 2.38. The van der Waals surface area contributed by atoms with E-state index < -0.39 is 35.4 Å². The van der Waals surface area contributed by atoms with E-state index in [2.05, 4.69) is 15.2 Å². The number of hydrogen-bond donors (Lipinski definition) is 2. The van der Waals surface area contributed by atoms with E-state index >= 15 is 0 Å². The number of hydrogen-bond acceptors (Lipinski definition) is 7. The number of aliphatic hydroxyl groups excluding tert-OH is 1. The average molecular weight is 636 g/mol. The number of amides is 2. The molecule has 43 heavy (non-hydrogen) atoms. The molecule has 1 fully saturated rings. The van der Waals surface area contributed by atoms with Crippen molar-refractivity contribution in [1.82, 2.24) is 20.0 Å². The fourth-order valence-corrected chi connectivity index (χ4v) is 6.19. The maximum atomic E-state index is 14.0. The second kappa shape index (κ2) is 11.9. The van der Waals surface area contributed by atoms with Crippen molar-refractivity contribution in [2.45, 2.75) is 45.0 Å². The van der Waals surface area contributed by atoms with Gasteiger partial charge in [-0.1, -0.05) is 23.7 Å². The van der Waals surface area contributed by atoms with Gasteiger partial charge >= 0.3 is 12.3 Å². The number of aromatic nitrogens is 2. The number of aliphatic imine (C=N–C) groups is 1. The Labute approximate surface area is 254 Å². The highest BCUT2D eigenvalue weighted by atomic mass is 35.5. The molecular formula is C29H29ClF3N5O4S. The van der Waals surface area contributed by atoms with Crippen LogP contribution >= 0.6 is 23.4 Å². The number of benzene rings is 2. The van der Waals surface area contributed by atoms with E-state index in [4.69, 9.17) is 16.3 Å². The maximum absolute atomic E-state index is 14.0. The topological polar surface area (TPSA) is 111 Å². The van der Waals surface area contributed by atoms with Gasteiger partial charge in [0.05, 0.1) is 34.8 Å². The van der Waals surface area contributed by atoms with E-state index in [1.54, 1.807) is 50.1 Å². The van der Waals surface area contributed by atoms with E-state index in [9.17, 15) is 27.9 Å². The van der Waals surface area contributed by atoms with Crippen LogP contribution < -0.4 is 0 Å². The SMILES string of the molecule is CC(C)(C)OC(=O)N1CCN(C2=NC(=O)C(=C(Cc3ccc(Cl)cc3C(F)(F)F)c3ccc4[nH]ncc4c3)S2)C[C@@H]1CO. The molecule has 2 amide bonds. The second-order valence-electron chi connectivity index (χ2n) is 11.2. The summed E-state index contributed by atoms with van der Waals surface area (Å²) in [5.41, 5.74) is 0.0133. The van der Waals surface area contributed by atoms with Crippen LogP contribution in [0.25, 0.3) is 16.5 Å². The first-order valence-corrected chi connectivity index (χ1v) is 14.6. The highest BCUT2D eigenvalue weighted by Crippen LogP contribution is 2.41. The molecule has 0 bridgehead atoms. The number of nitrogens with zero attached hydrogens (tertiary/aromatic N) is 4. The van der Waals surface area contributed by atoms with Crippen LogP contribution in [0.5, 0.6) is 0 Å². The van der Waals surface area contributed by atoms with Crippen molar-refractivity contribution in [2.24, 2.45) is 4.99 Å². The Morgan fingerprint density at radius 1 is 1.19 bits per heavy atom. The van der Waals surface area contributed by atoms with Crippen LogP contribution in [-0.4, -0.2) is 80.2 Å². The van der Waals surface area contributed by atoms with Gasteiger partial charge in [0, 0.05) is 30.0 Å². The van der Waals surface area contributed by atoms with Crippen molar-refractivity contribution in [1.29, 1.82) is 0 Å². The largest absolute Gasteiger partial charge is 0.444 e. The number of thioether (sulfide) groups is 1. The van der Waals surface area contributed by atoms with Crippen LogP contribution in [0.4, 0.5) is 18.0 Å². The third-order valence-electron chi connectivity index (χ3n) is 6.98. The van der Waals surface area contributed by atoms with Gasteiger partial charge in [0.2, 0.25) is 0 Å². The molecule has 0 radical (unpaired) electrons. The second-order valence-corrected chi connectivity index (χ2v) is 12.6. The van der Waals surface area contributed by atoms with Crippen molar-refractivity contribution in [3.63, 3.8) is 0 Å². The molecule has 2 aliphatic heterocycles. The molecule has 2 N–H and O–H groups in total. The first-order valence-electron chi connectivity index (χ1n) is 13.4. The lowest BCUT2D eigenvalue weighted by atomic mass is 9.93. The molecule has 9 nitrogen and oxygen atoms in total. The number of nitrogens with one attached hydrogen (secondary N) is 1. The minimum absolute atomic E-state index is 0.0418. The number of carbonyl (C=O) groups is 2. The normalized spacial score (nSPS) is 19.2. The van der Waals surface area contributed by atoms with Gasteiger partial charge < -0.3 is 14.7 Å². The lowest BCUT2D eigenvalue weighted by Gasteiger charge is -2.41. The summed E-state index contributed by atoms with van der Waals surface area (Å²) in [6.07, 6.45) is -3.83. The van der Waals surface area contributed by atoms with Crippen molar-refractivity contribution in [2.75, 3.05) is 26.2 Å². The molecule has 5 rings (SSSR count). The van der Waals surface area contributed by atoms with Crippen LogP contribution in [0.3, 0.4) is 0 Å². The van der Waals surface area contributed by atoms with Gasteiger partial charge in [-0.3, -0.25) is 14.8 Å². The molecule has 3 aromatic rings. The van der Waals surface area contributed by atoms with Crippen molar-refractivity contribution in [3.05, 3.63) is 69.2 Å². The molecule has 0 unspecified atom stereocenters. The Bertz CT molecular complexity index is 1630. The number of allylic oxidation sites excluding steroid dienone is 1. The number of rotatable bonds is 4. The molecule has 2 aromatic carbocycles. The minimum atomic E-state index is -4.66. The Hall–Kier alpha value is -3.55. The number of fused-ring (bicyclic) bond motifs is 1. The third-order valence-corrected chi connectivity index (χ3v) is 8.38. The Kier molecular flexibility index (Phi) is 8.52. The fourth-order valence-electron chi connectivity index (χ4n) is 4.97. The number of aromatic amines is 1. The lowest BCUT2D eigenvalue weighted by molar-refractivity contribution is -0.138. The molecule has 3 heterocycles. The summed E-state index contributed by atoms with van der Waals surface area (Å²) in [6, 6.07) is 8.20. The van der Waals surface area contributed by atoms with Crippen LogP contribution in [0, 0.1) is 0 Å². The minimum Gasteiger partial charge on any atom is -0.444 e. The predicted molar refractivity (Wildman–Crippen MR) is 159 cm³/mol. The number of ether oxygens (including phenoxy) is 1. The Balaban J connectivity index is 1.48. The van der Waals surface area contributed by atoms with Crippen LogP contribution in [0.2, 0.25) is 5.02 Å². The zero-order valence-corrected chi connectivity index (χ0v) is 25.1. The smallest absolute Gasteiger partial charge is 0.416 e. The highest BCUT2D eigenvalue weighted by molar-refractivity contribution is 8.18. The molecule has 1 aromatic heterocycles. The standard InChI is InChI=1S/C29H29ClF3N5O4S/c1-28(2,3)42-27(41)38-9-8-37(14-20(38)15-39)26-35-25(40)24(43-26)21(16-5-7-23-18(10-16)13-34-36-23)11-17-4-6-19(30)12-22(17)29(31,32)33/h4-7,10,12-13,20,39H,8-9,11,14-15H2,1-3H3,(H,34,36)/t20-/m1/s1. The van der Waals surface area contributed by atoms with E-state index in [-0.39, 0.29) is 41.6 Å². The van der Waals surface area contributed by atoms with Crippen molar-refractivity contribution < 1.29 is 32.6 Å². The molecule has 0 spiro atoms. The Morgan fingerprint density at radius 2 is 1.95 bits per heavy atom. The van der Waals surface area contributed by atoms with E-state index in [0.29, 0.717) is 22.8 Å². The van der Waals surface area contributed by atoms with Crippen LogP contribution in [0.1, 0.15) is 37.5 Å². The van der Waals surface area contributed by atoms with Gasteiger partial charge in [0.1, 0.15) is 5.60 Å². The quantitative estimate of drug-likeness (QED) is 0.352. The summed E-state index contributed by atoms with van der Waals surface area (Å²) in [5.74, 6) is -0.583. The third kappa shape index (κ3) is 6.84. The molecule has 2 aliphatic rings. The number of halogens is 4. The number of amidine groups is 1. The van der Waals surface area contributed by atoms with Crippen LogP contribution in [-0.2, 0) is 22.1 Å². The summed E-state index contributed by atoms with van der Waals surface area (Å²) in [7, 11) is 0. The predicted octanol–water partition coefficient (Wildman–Crippen LogP) is 5.73. The van der Waals surface area contributed by atoms with Crippen molar-refractivity contribution >= 4 is 57.0 Å². The monoisotopic (exact) mass is 635 g/mol. The summed E-state index contributed by atoms with van der Waals surface area (Å²) in [4.78, 5) is 33.8. The summed E-state index contributed by atoms with van der Waals surface area (Å²) in [6.45, 7) is 5.64. The summed E-state index contributed by atoms with van der Waals surface area (Å²) < 4.78 is 47.5. The molecular weight excluding hydrogens is 607 g/mol. The number of carbonyl (C=O) groups excluding carboxylic acids is 2. The molecule has 1 saturated heterocycles. The zero-order valence-electron chi connectivity index (χ0n) is 23.5. The van der Waals surface area contributed by atoms with E-state index in [1.165, 1.54) is 17.0 Å². The summed E-state index contributed by atoms with van der Waals surface area (Å²) >= 11 is 6.98. The summed E-state index contributed by atoms with van der Waals surface area (Å²) in [5, 5.41) is 17.9. The molecule has 0 saturated carbocycles. The van der Waals surface area contributed by atoms with Gasteiger partial charge in [-0.25, -0.2) is 4.79 Å². The number of alkyl halides is 3. The van der Waals surface area contributed by atoms with E-state index in [1.807, 2.05) is 0 Å². The number of H-pyrrole nitrogens is 1. The van der Waals surface area contributed by atoms with Crippen LogP contribution in [0.15, 0.2) is 52.5 Å². The molecule has 14 heteroatoms.